The van der Waals surface area contributed by atoms with E-state index in [1.165, 1.54) is 0 Å². The Morgan fingerprint density at radius 2 is 2.31 bits per heavy atom. The molecule has 0 aromatic heterocycles. The average molecular weight is 220 g/mol. The number of anilines is 1. The van der Waals surface area contributed by atoms with Crippen LogP contribution in [0.2, 0.25) is 0 Å². The molecule has 1 aromatic carbocycles. The number of hydrogen-bond acceptors (Lipinski definition) is 3. The van der Waals surface area contributed by atoms with Gasteiger partial charge in [-0.3, -0.25) is 0 Å². The Hall–Kier alpha value is -1.48. The summed E-state index contributed by atoms with van der Waals surface area (Å²) in [7, 11) is 0. The molecule has 0 heterocycles. The van der Waals surface area contributed by atoms with Gasteiger partial charge in [-0.05, 0) is 38.9 Å². The molecule has 1 aromatic rings. The minimum Gasteiger partial charge on any atom is -0.493 e. The summed E-state index contributed by atoms with van der Waals surface area (Å²) in [6.07, 6.45) is 2.91. The smallest absolute Gasteiger partial charge is 0.121 e. The largest absolute Gasteiger partial charge is 0.493 e. The van der Waals surface area contributed by atoms with Crippen molar-refractivity contribution in [1.82, 2.24) is 0 Å². The number of nitrogens with two attached hydrogens (primary N) is 1. The minimum atomic E-state index is 0.662. The first kappa shape index (κ1) is 12.6. The quantitative estimate of drug-likeness (QED) is 0.725. The van der Waals surface area contributed by atoms with Crippen molar-refractivity contribution in [3.05, 3.63) is 36.0 Å². The van der Waals surface area contributed by atoms with E-state index in [0.29, 0.717) is 13.2 Å². The molecular weight excluding hydrogens is 200 g/mol. The van der Waals surface area contributed by atoms with Crippen LogP contribution in [0.15, 0.2) is 36.0 Å². The second-order valence-corrected chi connectivity index (χ2v) is 3.62. The summed E-state index contributed by atoms with van der Waals surface area (Å²) in [5.41, 5.74) is 7.57. The van der Waals surface area contributed by atoms with Crippen molar-refractivity contribution >= 4 is 5.69 Å². The Labute approximate surface area is 97.3 Å². The van der Waals surface area contributed by atoms with Crippen LogP contribution in [-0.2, 0) is 0 Å². The van der Waals surface area contributed by atoms with Crippen LogP contribution in [0.3, 0.4) is 0 Å². The summed E-state index contributed by atoms with van der Waals surface area (Å²) in [6.45, 7) is 5.37. The highest BCUT2D eigenvalue weighted by molar-refractivity contribution is 5.51. The molecule has 1 rings (SSSR count). The second kappa shape index (κ2) is 6.90. The number of ether oxygens (including phenoxy) is 1. The molecule has 0 aliphatic rings. The van der Waals surface area contributed by atoms with Crippen LogP contribution < -0.4 is 15.8 Å². The molecule has 0 atom stereocenters. The van der Waals surface area contributed by atoms with Crippen molar-refractivity contribution in [2.24, 2.45) is 5.73 Å². The lowest BCUT2D eigenvalue weighted by Crippen LogP contribution is -2.06. The van der Waals surface area contributed by atoms with Crippen molar-refractivity contribution < 1.29 is 4.74 Å². The van der Waals surface area contributed by atoms with E-state index in [1.807, 2.05) is 44.2 Å². The molecule has 0 bridgehead atoms. The van der Waals surface area contributed by atoms with Gasteiger partial charge in [0.2, 0.25) is 0 Å². The van der Waals surface area contributed by atoms with Crippen LogP contribution in [0, 0.1) is 0 Å². The summed E-state index contributed by atoms with van der Waals surface area (Å²) >= 11 is 0. The standard InChI is InChI=1S/C13H20N2O/c1-3-11(2)15-12-6-4-7-13(10-12)16-9-5-8-14/h3-4,6-7,10,15H,5,8-9,14H2,1-2H3/b11-3-. The first-order valence-electron chi connectivity index (χ1n) is 5.59. The molecule has 88 valence electrons. The Balaban J connectivity index is 2.57. The molecule has 3 nitrogen and oxygen atoms in total. The predicted molar refractivity (Wildman–Crippen MR) is 68.7 cm³/mol. The summed E-state index contributed by atoms with van der Waals surface area (Å²) in [6, 6.07) is 7.93. The Kier molecular flexibility index (Phi) is 5.43. The molecule has 3 N–H and O–H groups in total. The number of allylic oxidation sites excluding steroid dienone is 2. The van der Waals surface area contributed by atoms with Gasteiger partial charge in [0.05, 0.1) is 6.61 Å². The fourth-order valence-corrected chi connectivity index (χ4v) is 1.24. The molecule has 0 fully saturated rings. The van der Waals surface area contributed by atoms with Gasteiger partial charge in [-0.1, -0.05) is 12.1 Å². The van der Waals surface area contributed by atoms with Crippen LogP contribution in [0.5, 0.6) is 5.75 Å². The predicted octanol–water partition coefficient (Wildman–Crippen LogP) is 2.75. The van der Waals surface area contributed by atoms with E-state index in [9.17, 15) is 0 Å². The van der Waals surface area contributed by atoms with E-state index >= 15 is 0 Å². The van der Waals surface area contributed by atoms with Crippen molar-refractivity contribution in [3.8, 4) is 5.75 Å². The molecule has 0 saturated heterocycles. The van der Waals surface area contributed by atoms with E-state index < -0.39 is 0 Å². The summed E-state index contributed by atoms with van der Waals surface area (Å²) in [5, 5.41) is 3.28. The SMILES string of the molecule is C/C=C(/C)Nc1cccc(OCCCN)c1. The van der Waals surface area contributed by atoms with Gasteiger partial charge < -0.3 is 15.8 Å². The van der Waals surface area contributed by atoms with Gasteiger partial charge in [-0.15, -0.1) is 0 Å². The Morgan fingerprint density at radius 3 is 3.00 bits per heavy atom. The van der Waals surface area contributed by atoms with Crippen LogP contribution in [0.4, 0.5) is 5.69 Å². The third-order valence-corrected chi connectivity index (χ3v) is 2.23. The molecule has 0 unspecified atom stereocenters. The molecule has 0 radical (unpaired) electrons. The highest BCUT2D eigenvalue weighted by Crippen LogP contribution is 2.18. The lowest BCUT2D eigenvalue weighted by Gasteiger charge is -2.09. The van der Waals surface area contributed by atoms with Gasteiger partial charge in [0.25, 0.3) is 0 Å². The normalized spacial score (nSPS) is 11.3. The number of nitrogens with one attached hydrogen (secondary N) is 1. The van der Waals surface area contributed by atoms with Crippen molar-refractivity contribution in [1.29, 1.82) is 0 Å². The maximum absolute atomic E-state index is 5.56. The average Bonchev–Trinajstić information content (AvgIpc) is 2.30. The van der Waals surface area contributed by atoms with E-state index in [0.717, 1.165) is 23.6 Å². The van der Waals surface area contributed by atoms with E-state index in [-0.39, 0.29) is 0 Å². The zero-order valence-electron chi connectivity index (χ0n) is 9.99. The molecule has 0 saturated carbocycles. The third-order valence-electron chi connectivity index (χ3n) is 2.23. The first-order chi connectivity index (χ1) is 7.76. The van der Waals surface area contributed by atoms with Crippen molar-refractivity contribution in [3.63, 3.8) is 0 Å². The monoisotopic (exact) mass is 220 g/mol. The molecule has 0 aliphatic heterocycles. The second-order valence-electron chi connectivity index (χ2n) is 3.62. The van der Waals surface area contributed by atoms with Gasteiger partial charge in [0, 0.05) is 17.5 Å². The number of rotatable bonds is 6. The topological polar surface area (TPSA) is 47.3 Å². The highest BCUT2D eigenvalue weighted by Gasteiger charge is 1.96. The summed E-state index contributed by atoms with van der Waals surface area (Å²) < 4.78 is 5.56. The van der Waals surface area contributed by atoms with Crippen molar-refractivity contribution in [2.75, 3.05) is 18.5 Å². The van der Waals surface area contributed by atoms with Crippen LogP contribution in [0.1, 0.15) is 20.3 Å². The van der Waals surface area contributed by atoms with Gasteiger partial charge >= 0.3 is 0 Å². The zero-order valence-corrected chi connectivity index (χ0v) is 9.99. The fraction of sp³-hybridized carbons (Fsp3) is 0.385. The maximum atomic E-state index is 5.56. The maximum Gasteiger partial charge on any atom is 0.121 e. The molecule has 0 spiro atoms. The molecule has 16 heavy (non-hydrogen) atoms. The highest BCUT2D eigenvalue weighted by atomic mass is 16.5. The van der Waals surface area contributed by atoms with Gasteiger partial charge in [-0.2, -0.15) is 0 Å². The van der Waals surface area contributed by atoms with Gasteiger partial charge in [-0.25, -0.2) is 0 Å². The molecule has 0 amide bonds. The number of hydrogen-bond donors (Lipinski definition) is 2. The van der Waals surface area contributed by atoms with Crippen LogP contribution in [-0.4, -0.2) is 13.2 Å². The number of benzene rings is 1. The van der Waals surface area contributed by atoms with Crippen molar-refractivity contribution in [2.45, 2.75) is 20.3 Å². The molecule has 0 aliphatic carbocycles. The van der Waals surface area contributed by atoms with E-state index in [4.69, 9.17) is 10.5 Å². The minimum absolute atomic E-state index is 0.662. The zero-order chi connectivity index (χ0) is 11.8. The molecule has 3 heteroatoms. The molecular formula is C13H20N2O. The van der Waals surface area contributed by atoms with E-state index in [2.05, 4.69) is 5.32 Å². The third kappa shape index (κ3) is 4.36. The first-order valence-corrected chi connectivity index (χ1v) is 5.59. The van der Waals surface area contributed by atoms with Gasteiger partial charge in [0.1, 0.15) is 5.75 Å². The summed E-state index contributed by atoms with van der Waals surface area (Å²) in [4.78, 5) is 0. The van der Waals surface area contributed by atoms with Crippen LogP contribution in [0.25, 0.3) is 0 Å². The van der Waals surface area contributed by atoms with Gasteiger partial charge in [0.15, 0.2) is 0 Å². The van der Waals surface area contributed by atoms with E-state index in [1.54, 1.807) is 0 Å². The van der Waals surface area contributed by atoms with Crippen LogP contribution >= 0.6 is 0 Å². The Morgan fingerprint density at radius 1 is 1.50 bits per heavy atom. The fourth-order valence-electron chi connectivity index (χ4n) is 1.24. The summed E-state index contributed by atoms with van der Waals surface area (Å²) in [5.74, 6) is 0.877. The Bertz CT molecular complexity index is 348. The lowest BCUT2D eigenvalue weighted by molar-refractivity contribution is 0.313. The lowest BCUT2D eigenvalue weighted by atomic mass is 10.3.